The molecule has 5 nitrogen and oxygen atoms in total. The van der Waals surface area contributed by atoms with Gasteiger partial charge in [0.15, 0.2) is 0 Å². The minimum atomic E-state index is -0.724. The van der Waals surface area contributed by atoms with Crippen molar-refractivity contribution in [3.63, 3.8) is 0 Å². The van der Waals surface area contributed by atoms with Crippen molar-refractivity contribution in [2.45, 2.75) is 58.3 Å². The molecule has 0 bridgehead atoms. The summed E-state index contributed by atoms with van der Waals surface area (Å²) in [5.41, 5.74) is 5.64. The number of hydrogen-bond acceptors (Lipinski definition) is 5. The molecule has 3 atom stereocenters. The molecule has 23 heavy (non-hydrogen) atoms. The Bertz CT molecular complexity index is 436. The molecule has 1 aliphatic heterocycles. The van der Waals surface area contributed by atoms with Gasteiger partial charge in [-0.1, -0.05) is 44.9 Å². The van der Waals surface area contributed by atoms with Crippen molar-refractivity contribution < 1.29 is 19.0 Å². The Morgan fingerprint density at radius 2 is 1.83 bits per heavy atom. The van der Waals surface area contributed by atoms with E-state index >= 15 is 0 Å². The minimum absolute atomic E-state index is 0.153. The largest absolute Gasteiger partial charge is 0.488 e. The van der Waals surface area contributed by atoms with Crippen LogP contribution in [0.3, 0.4) is 0 Å². The number of hydrogen-bond donors (Lipinski definition) is 1. The van der Waals surface area contributed by atoms with E-state index in [4.69, 9.17) is 19.9 Å². The summed E-state index contributed by atoms with van der Waals surface area (Å²) in [4.78, 5) is 11.5. The predicted octanol–water partition coefficient (Wildman–Crippen LogP) is 2.92. The van der Waals surface area contributed by atoms with Gasteiger partial charge in [-0.2, -0.15) is 0 Å². The fraction of sp³-hybridized carbons (Fsp3) is 0.611. The zero-order chi connectivity index (χ0) is 17.1. The van der Waals surface area contributed by atoms with E-state index in [0.29, 0.717) is 13.0 Å². The van der Waals surface area contributed by atoms with Crippen LogP contribution in [0.15, 0.2) is 30.3 Å². The molecule has 1 fully saturated rings. The molecule has 0 aromatic heterocycles. The van der Waals surface area contributed by atoms with Gasteiger partial charge in [0, 0.05) is 6.42 Å². The van der Waals surface area contributed by atoms with Gasteiger partial charge < -0.3 is 19.9 Å². The lowest BCUT2D eigenvalue weighted by molar-refractivity contribution is -0.150. The summed E-state index contributed by atoms with van der Waals surface area (Å²) in [6.45, 7) is 6.74. The molecule has 1 aromatic carbocycles. The number of unbranched alkanes of at least 4 members (excludes halogenated alkanes) is 1. The molecule has 130 valence electrons. The van der Waals surface area contributed by atoms with Crippen LogP contribution in [-0.4, -0.2) is 37.4 Å². The topological polar surface area (TPSA) is 70.8 Å². The maximum atomic E-state index is 11.5. The molecule has 1 saturated heterocycles. The third kappa shape index (κ3) is 8.00. The Morgan fingerprint density at radius 1 is 1.17 bits per heavy atom. The van der Waals surface area contributed by atoms with Crippen LogP contribution in [0.2, 0.25) is 0 Å². The van der Waals surface area contributed by atoms with E-state index < -0.39 is 12.0 Å². The summed E-state index contributed by atoms with van der Waals surface area (Å²) >= 11 is 0. The van der Waals surface area contributed by atoms with Crippen LogP contribution in [0, 0.1) is 0 Å². The lowest BCUT2D eigenvalue weighted by Crippen LogP contribution is -2.37. The summed E-state index contributed by atoms with van der Waals surface area (Å²) in [5.74, 6) is 0.353. The number of nitrogens with two attached hydrogens (primary N) is 1. The van der Waals surface area contributed by atoms with Gasteiger partial charge in [0.25, 0.3) is 0 Å². The van der Waals surface area contributed by atoms with E-state index in [-0.39, 0.29) is 18.8 Å². The first kappa shape index (κ1) is 19.5. The van der Waals surface area contributed by atoms with E-state index in [1.54, 1.807) is 0 Å². The molecule has 0 spiro atoms. The molecule has 5 heteroatoms. The van der Waals surface area contributed by atoms with Crippen LogP contribution in [0.1, 0.15) is 40.0 Å². The second kappa shape index (κ2) is 11.0. The molecule has 0 radical (unpaired) electrons. The normalized spacial score (nSPS) is 25.0. The van der Waals surface area contributed by atoms with Gasteiger partial charge in [-0.15, -0.1) is 0 Å². The first-order valence-corrected chi connectivity index (χ1v) is 8.32. The number of rotatable bonds is 3. The third-order valence-corrected chi connectivity index (χ3v) is 3.36. The monoisotopic (exact) mass is 323 g/mol. The predicted molar refractivity (Wildman–Crippen MR) is 90.4 cm³/mol. The molecule has 1 heterocycles. The zero-order valence-electron chi connectivity index (χ0n) is 14.4. The minimum Gasteiger partial charge on any atom is -0.488 e. The highest BCUT2D eigenvalue weighted by Gasteiger charge is 2.25. The van der Waals surface area contributed by atoms with E-state index in [2.05, 4.69) is 13.8 Å². The summed E-state index contributed by atoms with van der Waals surface area (Å²) < 4.78 is 16.5. The number of benzene rings is 1. The fourth-order valence-electron chi connectivity index (χ4n) is 1.94. The van der Waals surface area contributed by atoms with E-state index in [9.17, 15) is 4.79 Å². The molecule has 0 saturated carbocycles. The SMILES string of the molecule is CC1CC(Oc2ccccc2)COC[C@H](N)C(=O)O1.CCCC. The number of para-hydroxylation sites is 1. The van der Waals surface area contributed by atoms with Gasteiger partial charge in [0.1, 0.15) is 24.0 Å². The second-order valence-electron chi connectivity index (χ2n) is 5.68. The summed E-state index contributed by atoms with van der Waals surface area (Å²) in [5, 5.41) is 0. The van der Waals surface area contributed by atoms with Gasteiger partial charge in [-0.25, -0.2) is 0 Å². The van der Waals surface area contributed by atoms with E-state index in [0.717, 1.165) is 5.75 Å². The molecular weight excluding hydrogens is 294 g/mol. The lowest BCUT2D eigenvalue weighted by Gasteiger charge is -2.20. The first-order valence-electron chi connectivity index (χ1n) is 8.32. The second-order valence-corrected chi connectivity index (χ2v) is 5.68. The lowest BCUT2D eigenvalue weighted by atomic mass is 10.2. The maximum Gasteiger partial charge on any atom is 0.325 e. The molecule has 2 unspecified atom stereocenters. The number of esters is 1. The molecule has 1 aliphatic rings. The standard InChI is InChI=1S/C14H19NO4.C4H10/c1-10-7-12(19-11-5-3-2-4-6-11)8-17-9-13(15)14(16)18-10;1-3-4-2/h2-6,10,12-13H,7-9,15H2,1H3;3-4H2,1-2H3/t10?,12?,13-;/m0./s1. The number of ether oxygens (including phenoxy) is 3. The highest BCUT2D eigenvalue weighted by atomic mass is 16.6. The molecule has 2 rings (SSSR count). The van der Waals surface area contributed by atoms with E-state index in [1.807, 2.05) is 37.3 Å². The van der Waals surface area contributed by atoms with Crippen molar-refractivity contribution in [3.8, 4) is 5.75 Å². The average molecular weight is 323 g/mol. The quantitative estimate of drug-likeness (QED) is 0.866. The first-order chi connectivity index (χ1) is 11.1. The van der Waals surface area contributed by atoms with Gasteiger partial charge >= 0.3 is 5.97 Å². The highest BCUT2D eigenvalue weighted by Crippen LogP contribution is 2.16. The van der Waals surface area contributed by atoms with Gasteiger partial charge in [-0.05, 0) is 19.1 Å². The molecule has 0 aliphatic carbocycles. The van der Waals surface area contributed by atoms with Gasteiger partial charge in [0.05, 0.1) is 13.2 Å². The highest BCUT2D eigenvalue weighted by molar-refractivity contribution is 5.75. The van der Waals surface area contributed by atoms with Gasteiger partial charge in [0.2, 0.25) is 0 Å². The Labute approximate surface area is 139 Å². The summed E-state index contributed by atoms with van der Waals surface area (Å²) in [6, 6.07) is 8.79. The van der Waals surface area contributed by atoms with Crippen LogP contribution in [0.5, 0.6) is 5.75 Å². The van der Waals surface area contributed by atoms with Crippen LogP contribution in [0.25, 0.3) is 0 Å². The van der Waals surface area contributed by atoms with Crippen LogP contribution < -0.4 is 10.5 Å². The molecule has 0 amide bonds. The zero-order valence-corrected chi connectivity index (χ0v) is 14.4. The smallest absolute Gasteiger partial charge is 0.325 e. The van der Waals surface area contributed by atoms with Crippen molar-refractivity contribution >= 4 is 5.97 Å². The fourth-order valence-corrected chi connectivity index (χ4v) is 1.94. The third-order valence-electron chi connectivity index (χ3n) is 3.36. The van der Waals surface area contributed by atoms with Crippen LogP contribution in [0.4, 0.5) is 0 Å². The number of cyclic esters (lactones) is 1. The van der Waals surface area contributed by atoms with Crippen molar-refractivity contribution in [3.05, 3.63) is 30.3 Å². The summed E-state index contributed by atoms with van der Waals surface area (Å²) in [6.07, 6.45) is 2.82. The molecule has 1 aromatic rings. The van der Waals surface area contributed by atoms with Crippen molar-refractivity contribution in [1.29, 1.82) is 0 Å². The number of carbonyl (C=O) groups excluding carboxylic acids is 1. The Hall–Kier alpha value is -1.59. The van der Waals surface area contributed by atoms with Crippen molar-refractivity contribution in [2.24, 2.45) is 5.73 Å². The Balaban J connectivity index is 0.000000593. The maximum absolute atomic E-state index is 11.5. The summed E-state index contributed by atoms with van der Waals surface area (Å²) in [7, 11) is 0. The van der Waals surface area contributed by atoms with Crippen LogP contribution in [-0.2, 0) is 14.3 Å². The van der Waals surface area contributed by atoms with Gasteiger partial charge in [-0.3, -0.25) is 4.79 Å². The molecular formula is C18H29NO4. The average Bonchev–Trinajstić information content (AvgIpc) is 2.60. The molecule has 2 N–H and O–H groups in total. The Morgan fingerprint density at radius 3 is 2.43 bits per heavy atom. The van der Waals surface area contributed by atoms with Crippen molar-refractivity contribution in [1.82, 2.24) is 0 Å². The van der Waals surface area contributed by atoms with E-state index in [1.165, 1.54) is 12.8 Å². The van der Waals surface area contributed by atoms with Crippen LogP contribution >= 0.6 is 0 Å². The van der Waals surface area contributed by atoms with Crippen molar-refractivity contribution in [2.75, 3.05) is 13.2 Å². The number of carbonyl (C=O) groups is 1. The Kier molecular flexibility index (Phi) is 9.33.